The Labute approximate surface area is 112 Å². The molecule has 0 heterocycles. The van der Waals surface area contributed by atoms with Gasteiger partial charge in [0.25, 0.3) is 0 Å². The highest BCUT2D eigenvalue weighted by molar-refractivity contribution is 5.74. The van der Waals surface area contributed by atoms with Crippen LogP contribution in [0.2, 0.25) is 0 Å². The highest BCUT2D eigenvalue weighted by Gasteiger charge is 2.29. The van der Waals surface area contributed by atoms with Crippen LogP contribution in [0.25, 0.3) is 0 Å². The predicted molar refractivity (Wildman–Crippen MR) is 69.8 cm³/mol. The van der Waals surface area contributed by atoms with Crippen molar-refractivity contribution in [1.82, 2.24) is 0 Å². The molecule has 0 aromatic heterocycles. The Kier molecular flexibility index (Phi) is 3.78. The predicted octanol–water partition coefficient (Wildman–Crippen LogP) is 3.41. The molecular formula is C15H19FO3. The third kappa shape index (κ3) is 3.25. The average molecular weight is 266 g/mol. The monoisotopic (exact) mass is 266 g/mol. The van der Waals surface area contributed by atoms with Gasteiger partial charge in [-0.15, -0.1) is 0 Å². The molecule has 1 aromatic rings. The second kappa shape index (κ2) is 5.19. The maximum absolute atomic E-state index is 13.4. The summed E-state index contributed by atoms with van der Waals surface area (Å²) in [6.07, 6.45) is 3.62. The van der Waals surface area contributed by atoms with Gasteiger partial charge in [-0.3, -0.25) is 4.79 Å². The van der Waals surface area contributed by atoms with Gasteiger partial charge < -0.3 is 9.84 Å². The van der Waals surface area contributed by atoms with Crippen LogP contribution < -0.4 is 4.74 Å². The van der Waals surface area contributed by atoms with E-state index in [9.17, 15) is 9.18 Å². The number of carbonyl (C=O) groups is 1. The van der Waals surface area contributed by atoms with Crippen molar-refractivity contribution in [2.24, 2.45) is 5.41 Å². The maximum Gasteiger partial charge on any atom is 0.309 e. The van der Waals surface area contributed by atoms with Crippen molar-refractivity contribution in [2.45, 2.75) is 45.6 Å². The van der Waals surface area contributed by atoms with Crippen molar-refractivity contribution in [2.75, 3.05) is 0 Å². The van der Waals surface area contributed by atoms with Crippen LogP contribution in [0.3, 0.4) is 0 Å². The number of halogens is 1. The topological polar surface area (TPSA) is 46.5 Å². The molecule has 0 unspecified atom stereocenters. The summed E-state index contributed by atoms with van der Waals surface area (Å²) in [4.78, 5) is 11.2. The van der Waals surface area contributed by atoms with E-state index in [2.05, 4.69) is 0 Å². The van der Waals surface area contributed by atoms with E-state index in [1.54, 1.807) is 19.9 Å². The molecule has 1 N–H and O–H groups in total. The smallest absolute Gasteiger partial charge is 0.309 e. The lowest BCUT2D eigenvalue weighted by atomic mass is 9.85. The minimum absolute atomic E-state index is 0.192. The van der Waals surface area contributed by atoms with Crippen LogP contribution in [-0.4, -0.2) is 17.2 Å². The first-order chi connectivity index (χ1) is 8.88. The lowest BCUT2D eigenvalue weighted by Crippen LogP contribution is -2.28. The minimum Gasteiger partial charge on any atom is -0.490 e. The summed E-state index contributed by atoms with van der Waals surface area (Å²) < 4.78 is 19.2. The largest absolute Gasteiger partial charge is 0.490 e. The lowest BCUT2D eigenvalue weighted by molar-refractivity contribution is -0.146. The summed E-state index contributed by atoms with van der Waals surface area (Å²) in [6, 6.07) is 4.32. The molecule has 0 aliphatic heterocycles. The second-order valence-electron chi connectivity index (χ2n) is 5.79. The molecule has 1 aliphatic carbocycles. The van der Waals surface area contributed by atoms with Crippen LogP contribution in [0.15, 0.2) is 18.2 Å². The van der Waals surface area contributed by atoms with E-state index < -0.39 is 11.4 Å². The first-order valence-corrected chi connectivity index (χ1v) is 6.57. The summed E-state index contributed by atoms with van der Waals surface area (Å²) in [7, 11) is 0. The zero-order valence-electron chi connectivity index (χ0n) is 11.3. The Balaban J connectivity index is 2.21. The van der Waals surface area contributed by atoms with E-state index in [4.69, 9.17) is 9.84 Å². The van der Waals surface area contributed by atoms with E-state index in [0.29, 0.717) is 11.3 Å². The van der Waals surface area contributed by atoms with Gasteiger partial charge in [0.15, 0.2) is 0 Å². The number of carboxylic acids is 1. The molecule has 0 atom stereocenters. The number of ether oxygens (including phenoxy) is 1. The minimum atomic E-state index is -0.939. The van der Waals surface area contributed by atoms with E-state index in [1.807, 2.05) is 0 Å². The summed E-state index contributed by atoms with van der Waals surface area (Å²) in [5, 5.41) is 9.17. The van der Waals surface area contributed by atoms with Crippen LogP contribution >= 0.6 is 0 Å². The average Bonchev–Trinajstić information content (AvgIpc) is 2.24. The highest BCUT2D eigenvalue weighted by Crippen LogP contribution is 2.32. The van der Waals surface area contributed by atoms with Gasteiger partial charge in [0.05, 0.1) is 11.5 Å². The van der Waals surface area contributed by atoms with Gasteiger partial charge in [-0.25, -0.2) is 4.39 Å². The van der Waals surface area contributed by atoms with Gasteiger partial charge in [0.1, 0.15) is 11.6 Å². The summed E-state index contributed by atoms with van der Waals surface area (Å²) in [5.74, 6) is -0.649. The quantitative estimate of drug-likeness (QED) is 0.888. The molecule has 3 nitrogen and oxygen atoms in total. The Morgan fingerprint density at radius 3 is 2.68 bits per heavy atom. The Morgan fingerprint density at radius 1 is 1.47 bits per heavy atom. The number of carboxylic acid groups (broad SMARTS) is 1. The summed E-state index contributed by atoms with van der Waals surface area (Å²) in [6.45, 7) is 3.26. The molecule has 0 saturated heterocycles. The standard InChI is InChI=1S/C15H19FO3/c1-15(2,14(17)18)9-10-8-11(16)6-7-13(10)19-12-4-3-5-12/h6-8,12H,3-5,9H2,1-2H3,(H,17,18). The highest BCUT2D eigenvalue weighted by atomic mass is 19.1. The third-order valence-electron chi connectivity index (χ3n) is 3.58. The molecule has 1 fully saturated rings. The summed E-state index contributed by atoms with van der Waals surface area (Å²) in [5.41, 5.74) is -0.315. The van der Waals surface area contributed by atoms with Gasteiger partial charge in [-0.1, -0.05) is 0 Å². The number of benzene rings is 1. The number of hydrogen-bond acceptors (Lipinski definition) is 2. The fourth-order valence-corrected chi connectivity index (χ4v) is 2.02. The molecule has 0 amide bonds. The summed E-state index contributed by atoms with van der Waals surface area (Å²) >= 11 is 0. The Morgan fingerprint density at radius 2 is 2.16 bits per heavy atom. The molecule has 1 aliphatic rings. The zero-order chi connectivity index (χ0) is 14.0. The molecule has 1 saturated carbocycles. The second-order valence-corrected chi connectivity index (χ2v) is 5.79. The SMILES string of the molecule is CC(C)(Cc1cc(F)ccc1OC1CCC1)C(=O)O. The molecular weight excluding hydrogens is 247 g/mol. The fraction of sp³-hybridized carbons (Fsp3) is 0.533. The van der Waals surface area contributed by atoms with Crippen molar-refractivity contribution in [3.8, 4) is 5.75 Å². The Bertz CT molecular complexity index is 478. The van der Waals surface area contributed by atoms with Gasteiger partial charge in [0, 0.05) is 0 Å². The zero-order valence-corrected chi connectivity index (χ0v) is 11.3. The van der Waals surface area contributed by atoms with Crippen LogP contribution in [0, 0.1) is 11.2 Å². The van der Waals surface area contributed by atoms with Gasteiger partial charge in [-0.2, -0.15) is 0 Å². The van der Waals surface area contributed by atoms with E-state index in [-0.39, 0.29) is 18.3 Å². The van der Waals surface area contributed by atoms with Gasteiger partial charge in [0.2, 0.25) is 0 Å². The molecule has 0 spiro atoms. The number of hydrogen-bond donors (Lipinski definition) is 1. The fourth-order valence-electron chi connectivity index (χ4n) is 2.02. The first-order valence-electron chi connectivity index (χ1n) is 6.57. The van der Waals surface area contributed by atoms with Crippen molar-refractivity contribution < 1.29 is 19.0 Å². The molecule has 4 heteroatoms. The van der Waals surface area contributed by atoms with Crippen molar-refractivity contribution >= 4 is 5.97 Å². The van der Waals surface area contributed by atoms with Crippen molar-refractivity contribution in [1.29, 1.82) is 0 Å². The first kappa shape index (κ1) is 13.8. The molecule has 0 radical (unpaired) electrons. The third-order valence-corrected chi connectivity index (χ3v) is 3.58. The number of rotatable bonds is 5. The maximum atomic E-state index is 13.4. The van der Waals surface area contributed by atoms with Crippen LogP contribution in [-0.2, 0) is 11.2 Å². The van der Waals surface area contributed by atoms with Gasteiger partial charge >= 0.3 is 5.97 Å². The van der Waals surface area contributed by atoms with Crippen LogP contribution in [0.5, 0.6) is 5.75 Å². The van der Waals surface area contributed by atoms with Gasteiger partial charge in [-0.05, 0) is 63.3 Å². The number of aliphatic carboxylic acids is 1. The molecule has 2 rings (SSSR count). The van der Waals surface area contributed by atoms with E-state index in [0.717, 1.165) is 19.3 Å². The lowest BCUT2D eigenvalue weighted by Gasteiger charge is -2.28. The molecule has 19 heavy (non-hydrogen) atoms. The van der Waals surface area contributed by atoms with Crippen LogP contribution in [0.1, 0.15) is 38.7 Å². The Hall–Kier alpha value is -1.58. The molecule has 1 aromatic carbocycles. The van der Waals surface area contributed by atoms with Crippen LogP contribution in [0.4, 0.5) is 4.39 Å². The normalized spacial score (nSPS) is 15.9. The molecule has 104 valence electrons. The van der Waals surface area contributed by atoms with E-state index in [1.165, 1.54) is 12.1 Å². The van der Waals surface area contributed by atoms with E-state index >= 15 is 0 Å². The molecule has 0 bridgehead atoms. The van der Waals surface area contributed by atoms with Crippen molar-refractivity contribution in [3.63, 3.8) is 0 Å². The van der Waals surface area contributed by atoms with Crippen molar-refractivity contribution in [3.05, 3.63) is 29.6 Å².